The third-order valence-corrected chi connectivity index (χ3v) is 5.46. The van der Waals surface area contributed by atoms with Crippen LogP contribution in [0.25, 0.3) is 0 Å². The van der Waals surface area contributed by atoms with E-state index < -0.39 is 0 Å². The Bertz CT molecular complexity index is 667. The first-order valence-electron chi connectivity index (χ1n) is 8.87. The normalized spacial score (nSPS) is 24.2. The number of amides is 3. The second kappa shape index (κ2) is 7.56. The van der Waals surface area contributed by atoms with E-state index in [-0.39, 0.29) is 48.6 Å². The van der Waals surface area contributed by atoms with E-state index in [2.05, 4.69) is 5.32 Å². The lowest BCUT2D eigenvalue weighted by Gasteiger charge is -2.19. The van der Waals surface area contributed by atoms with Crippen LogP contribution >= 0.6 is 11.6 Å². The van der Waals surface area contributed by atoms with Gasteiger partial charge in [-0.3, -0.25) is 19.3 Å². The molecule has 1 aliphatic heterocycles. The monoisotopic (exact) mass is 362 g/mol. The molecule has 6 heteroatoms. The fraction of sp³-hybridized carbons (Fsp3) is 0.526. The number of fused-ring (bicyclic) bond motifs is 1. The summed E-state index contributed by atoms with van der Waals surface area (Å²) in [5.41, 5.74) is 0.917. The summed E-state index contributed by atoms with van der Waals surface area (Å²) in [5, 5.41) is 3.51. The number of nitrogens with zero attached hydrogens (tertiary/aromatic N) is 1. The highest BCUT2D eigenvalue weighted by atomic mass is 35.5. The number of imide groups is 1. The summed E-state index contributed by atoms with van der Waals surface area (Å²) in [6, 6.07) is 7.14. The van der Waals surface area contributed by atoms with Crippen molar-refractivity contribution in [2.75, 3.05) is 6.54 Å². The summed E-state index contributed by atoms with van der Waals surface area (Å²) < 4.78 is 0. The van der Waals surface area contributed by atoms with Crippen molar-refractivity contribution in [1.29, 1.82) is 0 Å². The zero-order valence-corrected chi connectivity index (χ0v) is 15.1. The fourth-order valence-electron chi connectivity index (χ4n) is 3.84. The van der Waals surface area contributed by atoms with E-state index in [1.54, 1.807) is 6.07 Å². The smallest absolute Gasteiger partial charge is 0.233 e. The lowest BCUT2D eigenvalue weighted by Crippen LogP contribution is -2.36. The van der Waals surface area contributed by atoms with Gasteiger partial charge in [0, 0.05) is 18.0 Å². The van der Waals surface area contributed by atoms with Gasteiger partial charge in [-0.15, -0.1) is 0 Å². The third kappa shape index (κ3) is 3.87. The first-order chi connectivity index (χ1) is 12.0. The number of halogens is 1. The van der Waals surface area contributed by atoms with E-state index in [1.165, 1.54) is 4.90 Å². The van der Waals surface area contributed by atoms with E-state index in [0.29, 0.717) is 5.02 Å². The van der Waals surface area contributed by atoms with E-state index in [0.717, 1.165) is 31.2 Å². The first kappa shape index (κ1) is 17.9. The van der Waals surface area contributed by atoms with Gasteiger partial charge in [0.15, 0.2) is 0 Å². The molecular formula is C19H23ClN2O3. The van der Waals surface area contributed by atoms with Crippen molar-refractivity contribution in [3.05, 3.63) is 34.9 Å². The van der Waals surface area contributed by atoms with Crippen LogP contribution in [0.4, 0.5) is 0 Å². The highest BCUT2D eigenvalue weighted by molar-refractivity contribution is 6.30. The highest BCUT2D eigenvalue weighted by Crippen LogP contribution is 2.37. The van der Waals surface area contributed by atoms with Gasteiger partial charge in [0.1, 0.15) is 0 Å². The minimum atomic E-state index is -0.182. The molecule has 5 nitrogen and oxygen atoms in total. The van der Waals surface area contributed by atoms with Crippen molar-refractivity contribution in [1.82, 2.24) is 10.2 Å². The third-order valence-electron chi connectivity index (χ3n) is 5.22. The molecule has 0 unspecified atom stereocenters. The lowest BCUT2D eigenvalue weighted by molar-refractivity contribution is -0.140. The predicted molar refractivity (Wildman–Crippen MR) is 94.8 cm³/mol. The number of hydrogen-bond donors (Lipinski definition) is 1. The molecule has 0 radical (unpaired) electrons. The van der Waals surface area contributed by atoms with Gasteiger partial charge < -0.3 is 5.32 Å². The van der Waals surface area contributed by atoms with Crippen LogP contribution in [0.3, 0.4) is 0 Å². The summed E-state index contributed by atoms with van der Waals surface area (Å²) in [4.78, 5) is 38.3. The molecule has 3 atom stereocenters. The molecule has 3 rings (SSSR count). The van der Waals surface area contributed by atoms with Crippen LogP contribution in [-0.4, -0.2) is 29.2 Å². The van der Waals surface area contributed by atoms with Gasteiger partial charge in [0.2, 0.25) is 17.7 Å². The van der Waals surface area contributed by atoms with Gasteiger partial charge in [-0.05, 0) is 37.5 Å². The van der Waals surface area contributed by atoms with Crippen LogP contribution < -0.4 is 5.32 Å². The van der Waals surface area contributed by atoms with E-state index in [9.17, 15) is 14.4 Å². The Hall–Kier alpha value is -1.88. The Morgan fingerprint density at radius 3 is 2.48 bits per heavy atom. The van der Waals surface area contributed by atoms with Crippen molar-refractivity contribution in [2.24, 2.45) is 11.8 Å². The largest absolute Gasteiger partial charge is 0.350 e. The molecule has 25 heavy (non-hydrogen) atoms. The van der Waals surface area contributed by atoms with Crippen molar-refractivity contribution >= 4 is 29.3 Å². The Labute approximate surface area is 152 Å². The molecular weight excluding hydrogens is 340 g/mol. The number of carbonyl (C=O) groups is 3. The maximum atomic E-state index is 12.4. The molecule has 0 aromatic heterocycles. The second-order valence-corrected chi connectivity index (χ2v) is 7.36. The van der Waals surface area contributed by atoms with Gasteiger partial charge in [-0.25, -0.2) is 0 Å². The average molecular weight is 363 g/mol. The maximum Gasteiger partial charge on any atom is 0.233 e. The molecule has 1 saturated heterocycles. The minimum absolute atomic E-state index is 0.0922. The van der Waals surface area contributed by atoms with Crippen molar-refractivity contribution in [3.8, 4) is 0 Å². The van der Waals surface area contributed by atoms with Crippen LogP contribution in [0.2, 0.25) is 5.02 Å². The molecule has 1 heterocycles. The zero-order valence-electron chi connectivity index (χ0n) is 14.3. The quantitative estimate of drug-likeness (QED) is 0.818. The number of hydrogen-bond acceptors (Lipinski definition) is 3. The molecule has 1 N–H and O–H groups in total. The Kier molecular flexibility index (Phi) is 5.42. The summed E-state index contributed by atoms with van der Waals surface area (Å²) in [7, 11) is 0. The van der Waals surface area contributed by atoms with Crippen LogP contribution in [0.15, 0.2) is 24.3 Å². The Morgan fingerprint density at radius 2 is 1.88 bits per heavy atom. The molecule has 1 aromatic carbocycles. The zero-order chi connectivity index (χ0) is 18.0. The number of benzene rings is 1. The molecule has 1 saturated carbocycles. The molecule has 0 spiro atoms. The van der Waals surface area contributed by atoms with Gasteiger partial charge >= 0.3 is 0 Å². The van der Waals surface area contributed by atoms with Crippen LogP contribution in [-0.2, 0) is 14.4 Å². The number of carbonyl (C=O) groups excluding carboxylic acids is 3. The van der Waals surface area contributed by atoms with Gasteiger partial charge in [0.25, 0.3) is 0 Å². The predicted octanol–water partition coefficient (Wildman–Crippen LogP) is 3.08. The Morgan fingerprint density at radius 1 is 1.24 bits per heavy atom. The van der Waals surface area contributed by atoms with Crippen LogP contribution in [0.1, 0.15) is 50.6 Å². The standard InChI is InChI=1S/C19H23ClN2O3/c1-12(13-5-4-6-14(20)11-13)21-17(23)9-10-22-18(24)15-7-2-3-8-16(15)19(22)25/h4-6,11-12,15-16H,2-3,7-10H2,1H3,(H,21,23)/t12-,15-,16+/m1/s1. The molecule has 3 amide bonds. The van der Waals surface area contributed by atoms with E-state index in [4.69, 9.17) is 11.6 Å². The summed E-state index contributed by atoms with van der Waals surface area (Å²) in [6.45, 7) is 2.04. The van der Waals surface area contributed by atoms with Gasteiger partial charge in [0.05, 0.1) is 17.9 Å². The van der Waals surface area contributed by atoms with Crippen LogP contribution in [0, 0.1) is 11.8 Å². The molecule has 134 valence electrons. The summed E-state index contributed by atoms with van der Waals surface area (Å²) in [5.74, 6) is -0.678. The van der Waals surface area contributed by atoms with Gasteiger partial charge in [-0.2, -0.15) is 0 Å². The molecule has 2 fully saturated rings. The summed E-state index contributed by atoms with van der Waals surface area (Å²) in [6.07, 6.45) is 3.73. The Balaban J connectivity index is 1.53. The molecule has 0 bridgehead atoms. The molecule has 1 aliphatic carbocycles. The van der Waals surface area contributed by atoms with Crippen molar-refractivity contribution in [2.45, 2.75) is 45.1 Å². The van der Waals surface area contributed by atoms with Crippen molar-refractivity contribution in [3.63, 3.8) is 0 Å². The summed E-state index contributed by atoms with van der Waals surface area (Å²) >= 11 is 5.97. The number of nitrogens with one attached hydrogen (secondary N) is 1. The SMILES string of the molecule is C[C@@H](NC(=O)CCN1C(=O)[C@H]2CCCC[C@H]2C1=O)c1cccc(Cl)c1. The highest BCUT2D eigenvalue weighted by Gasteiger charge is 2.47. The van der Waals surface area contributed by atoms with Gasteiger partial charge in [-0.1, -0.05) is 36.6 Å². The number of likely N-dealkylation sites (tertiary alicyclic amines) is 1. The van der Waals surface area contributed by atoms with Crippen LogP contribution in [0.5, 0.6) is 0 Å². The molecule has 2 aliphatic rings. The maximum absolute atomic E-state index is 12.4. The minimum Gasteiger partial charge on any atom is -0.350 e. The second-order valence-electron chi connectivity index (χ2n) is 6.92. The average Bonchev–Trinajstić information content (AvgIpc) is 2.84. The van der Waals surface area contributed by atoms with E-state index in [1.807, 2.05) is 25.1 Å². The molecule has 1 aromatic rings. The fourth-order valence-corrected chi connectivity index (χ4v) is 4.04. The topological polar surface area (TPSA) is 66.5 Å². The number of rotatable bonds is 5. The van der Waals surface area contributed by atoms with Crippen molar-refractivity contribution < 1.29 is 14.4 Å². The first-order valence-corrected chi connectivity index (χ1v) is 9.25. The lowest BCUT2D eigenvalue weighted by atomic mass is 9.81. The van der Waals surface area contributed by atoms with E-state index >= 15 is 0 Å².